The first-order chi connectivity index (χ1) is 8.33. The zero-order valence-electron chi connectivity index (χ0n) is 9.56. The molecule has 2 aromatic rings. The normalized spacial score (nSPS) is 20.8. The first kappa shape index (κ1) is 10.9. The van der Waals surface area contributed by atoms with Crippen molar-refractivity contribution in [1.82, 2.24) is 14.6 Å². The fraction of sp³-hybridized carbons (Fsp3) is 0.500. The third-order valence-corrected chi connectivity index (χ3v) is 4.45. The Bertz CT molecular complexity index is 568. The number of rotatable bonds is 2. The lowest BCUT2D eigenvalue weighted by Gasteiger charge is -2.19. The molecule has 1 unspecified atom stereocenters. The van der Waals surface area contributed by atoms with Crippen LogP contribution in [0, 0.1) is 5.92 Å². The number of hydrogen-bond donors (Lipinski definition) is 1. The number of pyridine rings is 1. The standard InChI is InChI=1S/C12H15N3OS/c16-12-5-1-4-11-13-10(14-15(11)12)7-9-3-2-6-17-8-9/h1,4-5,9H,2-3,6-8H2,(H,13,14). The minimum absolute atomic E-state index is 0.0423. The fourth-order valence-electron chi connectivity index (χ4n) is 2.30. The van der Waals surface area contributed by atoms with Crippen molar-refractivity contribution in [3.63, 3.8) is 0 Å². The first-order valence-corrected chi connectivity index (χ1v) is 7.13. The Hall–Kier alpha value is -1.23. The third-order valence-electron chi connectivity index (χ3n) is 3.16. The molecule has 2 aromatic heterocycles. The molecule has 1 N–H and O–H groups in total. The molecular formula is C12H15N3OS. The van der Waals surface area contributed by atoms with Crippen molar-refractivity contribution in [3.8, 4) is 0 Å². The minimum Gasteiger partial charge on any atom is -0.276 e. The van der Waals surface area contributed by atoms with Crippen LogP contribution in [0.5, 0.6) is 0 Å². The third kappa shape index (κ3) is 2.24. The van der Waals surface area contributed by atoms with Gasteiger partial charge in [-0.25, -0.2) is 9.50 Å². The van der Waals surface area contributed by atoms with E-state index in [1.165, 1.54) is 28.9 Å². The summed E-state index contributed by atoms with van der Waals surface area (Å²) in [6, 6.07) is 5.15. The van der Waals surface area contributed by atoms with Crippen molar-refractivity contribution in [1.29, 1.82) is 0 Å². The van der Waals surface area contributed by atoms with Crippen molar-refractivity contribution < 1.29 is 0 Å². The van der Waals surface area contributed by atoms with E-state index >= 15 is 0 Å². The monoisotopic (exact) mass is 249 g/mol. The van der Waals surface area contributed by atoms with Crippen LogP contribution in [0.3, 0.4) is 0 Å². The van der Waals surface area contributed by atoms with Crippen LogP contribution in [0.2, 0.25) is 0 Å². The largest absolute Gasteiger partial charge is 0.276 e. The summed E-state index contributed by atoms with van der Waals surface area (Å²) in [5, 5.41) is 3.09. The number of nitrogens with zero attached hydrogens (tertiary/aromatic N) is 2. The molecule has 3 rings (SSSR count). The topological polar surface area (TPSA) is 50.2 Å². The second-order valence-corrected chi connectivity index (χ2v) is 5.67. The van der Waals surface area contributed by atoms with E-state index in [1.807, 2.05) is 17.8 Å². The Labute approximate surface area is 103 Å². The van der Waals surface area contributed by atoms with Crippen LogP contribution < -0.4 is 5.56 Å². The van der Waals surface area contributed by atoms with Crippen molar-refractivity contribution in [2.45, 2.75) is 19.3 Å². The number of hydrogen-bond acceptors (Lipinski definition) is 3. The predicted molar refractivity (Wildman–Crippen MR) is 69.6 cm³/mol. The molecule has 1 aliphatic rings. The highest BCUT2D eigenvalue weighted by atomic mass is 32.2. The van der Waals surface area contributed by atoms with Gasteiger partial charge in [0.05, 0.1) is 0 Å². The Morgan fingerprint density at radius 1 is 1.53 bits per heavy atom. The molecule has 1 saturated heterocycles. The number of aromatic nitrogens is 3. The molecule has 1 fully saturated rings. The summed E-state index contributed by atoms with van der Waals surface area (Å²) >= 11 is 2.02. The van der Waals surface area contributed by atoms with Crippen LogP contribution in [0.1, 0.15) is 18.7 Å². The van der Waals surface area contributed by atoms with E-state index in [-0.39, 0.29) is 5.56 Å². The van der Waals surface area contributed by atoms with Gasteiger partial charge < -0.3 is 0 Å². The van der Waals surface area contributed by atoms with Gasteiger partial charge in [0.25, 0.3) is 5.56 Å². The quantitative estimate of drug-likeness (QED) is 0.881. The highest BCUT2D eigenvalue weighted by Crippen LogP contribution is 2.24. The molecule has 0 saturated carbocycles. The Morgan fingerprint density at radius 2 is 2.47 bits per heavy atom. The van der Waals surface area contributed by atoms with Crippen molar-refractivity contribution >= 4 is 17.4 Å². The Morgan fingerprint density at radius 3 is 3.24 bits per heavy atom. The van der Waals surface area contributed by atoms with E-state index in [2.05, 4.69) is 10.1 Å². The maximum absolute atomic E-state index is 11.6. The van der Waals surface area contributed by atoms with Crippen LogP contribution >= 0.6 is 11.8 Å². The number of nitrogens with one attached hydrogen (secondary N) is 1. The maximum atomic E-state index is 11.6. The molecule has 1 aliphatic heterocycles. The molecule has 1 atom stereocenters. The van der Waals surface area contributed by atoms with Gasteiger partial charge in [0.15, 0.2) is 5.65 Å². The summed E-state index contributed by atoms with van der Waals surface area (Å²) in [7, 11) is 0. The molecule has 0 aromatic carbocycles. The van der Waals surface area contributed by atoms with Gasteiger partial charge in [-0.05, 0) is 36.3 Å². The summed E-state index contributed by atoms with van der Waals surface area (Å²) < 4.78 is 1.52. The second-order valence-electron chi connectivity index (χ2n) is 4.52. The molecule has 17 heavy (non-hydrogen) atoms. The lowest BCUT2D eigenvalue weighted by molar-refractivity contribution is 0.508. The average Bonchev–Trinajstić information content (AvgIpc) is 2.74. The maximum Gasteiger partial charge on any atom is 0.271 e. The molecule has 0 aliphatic carbocycles. The molecule has 0 spiro atoms. The molecule has 3 heterocycles. The van der Waals surface area contributed by atoms with Gasteiger partial charge in [-0.2, -0.15) is 11.8 Å². The lowest BCUT2D eigenvalue weighted by atomic mass is 10.0. The van der Waals surface area contributed by atoms with Crippen LogP contribution in [0.15, 0.2) is 23.0 Å². The van der Waals surface area contributed by atoms with Crippen LogP contribution in [0.25, 0.3) is 5.65 Å². The molecule has 5 heteroatoms. The van der Waals surface area contributed by atoms with Gasteiger partial charge >= 0.3 is 0 Å². The molecule has 0 radical (unpaired) electrons. The molecule has 4 nitrogen and oxygen atoms in total. The second kappa shape index (κ2) is 4.56. The van der Waals surface area contributed by atoms with E-state index in [0.717, 1.165) is 17.9 Å². The molecule has 0 bridgehead atoms. The van der Waals surface area contributed by atoms with Gasteiger partial charge in [0.2, 0.25) is 0 Å². The molecule has 90 valence electrons. The lowest BCUT2D eigenvalue weighted by Crippen LogP contribution is -2.15. The average molecular weight is 249 g/mol. The SMILES string of the molecule is O=c1cccc2nc(CC3CCCSC3)[nH]n12. The summed E-state index contributed by atoms with van der Waals surface area (Å²) in [6.45, 7) is 0. The molecular weight excluding hydrogens is 234 g/mol. The van der Waals surface area contributed by atoms with Gasteiger partial charge in [0.1, 0.15) is 5.82 Å². The van der Waals surface area contributed by atoms with E-state index in [9.17, 15) is 4.79 Å². The van der Waals surface area contributed by atoms with Gasteiger partial charge in [-0.15, -0.1) is 0 Å². The van der Waals surface area contributed by atoms with Gasteiger partial charge in [-0.3, -0.25) is 9.89 Å². The van der Waals surface area contributed by atoms with E-state index in [0.29, 0.717) is 5.92 Å². The van der Waals surface area contributed by atoms with Crippen molar-refractivity contribution in [2.75, 3.05) is 11.5 Å². The highest BCUT2D eigenvalue weighted by Gasteiger charge is 2.16. The summed E-state index contributed by atoms with van der Waals surface area (Å²) in [5.74, 6) is 4.13. The Balaban J connectivity index is 1.85. The summed E-state index contributed by atoms with van der Waals surface area (Å²) in [4.78, 5) is 16.0. The van der Waals surface area contributed by atoms with E-state index in [1.54, 1.807) is 12.1 Å². The fourth-order valence-corrected chi connectivity index (χ4v) is 3.46. The van der Waals surface area contributed by atoms with Crippen molar-refractivity contribution in [2.24, 2.45) is 5.92 Å². The van der Waals surface area contributed by atoms with Crippen LogP contribution in [-0.4, -0.2) is 26.1 Å². The summed E-state index contributed by atoms with van der Waals surface area (Å²) in [5.41, 5.74) is 0.676. The number of fused-ring (bicyclic) bond motifs is 1. The van der Waals surface area contributed by atoms with E-state index < -0.39 is 0 Å². The molecule has 0 amide bonds. The highest BCUT2D eigenvalue weighted by molar-refractivity contribution is 7.99. The van der Waals surface area contributed by atoms with Crippen LogP contribution in [0.4, 0.5) is 0 Å². The predicted octanol–water partition coefficient (Wildman–Crippen LogP) is 1.71. The smallest absolute Gasteiger partial charge is 0.271 e. The van der Waals surface area contributed by atoms with Gasteiger partial charge in [0, 0.05) is 12.5 Å². The van der Waals surface area contributed by atoms with Gasteiger partial charge in [-0.1, -0.05) is 6.07 Å². The van der Waals surface area contributed by atoms with Crippen LogP contribution in [-0.2, 0) is 6.42 Å². The number of aromatic amines is 1. The number of thioether (sulfide) groups is 1. The minimum atomic E-state index is -0.0423. The zero-order chi connectivity index (χ0) is 11.7. The summed E-state index contributed by atoms with van der Waals surface area (Å²) in [6.07, 6.45) is 3.53. The van der Waals surface area contributed by atoms with Crippen molar-refractivity contribution in [3.05, 3.63) is 34.4 Å². The Kier molecular flexibility index (Phi) is 2.93. The first-order valence-electron chi connectivity index (χ1n) is 5.97. The zero-order valence-corrected chi connectivity index (χ0v) is 10.4. The number of H-pyrrole nitrogens is 1. The van der Waals surface area contributed by atoms with E-state index in [4.69, 9.17) is 0 Å².